The highest BCUT2D eigenvalue weighted by atomic mass is 16.5. The summed E-state index contributed by atoms with van der Waals surface area (Å²) in [5, 5.41) is 1.15. The number of methoxy groups -OCH3 is 1. The number of aromatic amines is 1. The van der Waals surface area contributed by atoms with Gasteiger partial charge in [-0.15, -0.1) is 0 Å². The molecule has 5 nitrogen and oxygen atoms in total. The molecular weight excluding hydrogens is 292 g/mol. The number of carbonyl (C=O) groups excluding carboxylic acids is 1. The van der Waals surface area contributed by atoms with Crippen molar-refractivity contribution in [1.82, 2.24) is 9.88 Å². The number of para-hydroxylation sites is 1. The molecule has 0 bridgehead atoms. The maximum Gasteiger partial charge on any atom is 0.323 e. The van der Waals surface area contributed by atoms with Crippen LogP contribution in [0.15, 0.2) is 47.1 Å². The first-order chi connectivity index (χ1) is 11.2. The molecule has 0 aliphatic carbocycles. The molecular formula is C18H18N2O3. The second-order valence-corrected chi connectivity index (χ2v) is 5.89. The number of aromatic nitrogens is 1. The van der Waals surface area contributed by atoms with Gasteiger partial charge in [0, 0.05) is 23.0 Å². The number of benzene rings is 1. The quantitative estimate of drug-likeness (QED) is 0.739. The lowest BCUT2D eigenvalue weighted by molar-refractivity contribution is -0.147. The molecule has 2 atom stereocenters. The molecule has 0 saturated heterocycles. The Kier molecular flexibility index (Phi) is 3.23. The van der Waals surface area contributed by atoms with Crippen molar-refractivity contribution in [3.05, 3.63) is 59.7 Å². The number of nitrogens with zero attached hydrogens (tertiary/aromatic N) is 1. The summed E-state index contributed by atoms with van der Waals surface area (Å²) in [7, 11) is 3.37. The number of likely N-dealkylation sites (N-methyl/N-ethyl adjacent to an activating group) is 1. The van der Waals surface area contributed by atoms with Gasteiger partial charge in [-0.3, -0.25) is 9.69 Å². The van der Waals surface area contributed by atoms with Crippen molar-refractivity contribution < 1.29 is 13.9 Å². The summed E-state index contributed by atoms with van der Waals surface area (Å²) in [4.78, 5) is 17.8. The molecule has 3 heterocycles. The molecule has 0 radical (unpaired) electrons. The van der Waals surface area contributed by atoms with Crippen molar-refractivity contribution in [2.24, 2.45) is 0 Å². The number of esters is 1. The lowest BCUT2D eigenvalue weighted by Crippen LogP contribution is -2.46. The van der Waals surface area contributed by atoms with Gasteiger partial charge in [0.2, 0.25) is 0 Å². The minimum absolute atomic E-state index is 0.134. The molecule has 0 fully saturated rings. The number of ether oxygens (including phenoxy) is 1. The molecule has 0 amide bonds. The fourth-order valence-corrected chi connectivity index (χ4v) is 3.57. The molecule has 1 aliphatic heterocycles. The van der Waals surface area contributed by atoms with Gasteiger partial charge in [0.05, 0.1) is 13.4 Å². The largest absolute Gasteiger partial charge is 0.468 e. The van der Waals surface area contributed by atoms with E-state index < -0.39 is 0 Å². The van der Waals surface area contributed by atoms with E-state index in [1.807, 2.05) is 36.2 Å². The molecule has 3 aromatic rings. The predicted octanol–water partition coefficient (Wildman–Crippen LogP) is 2.88. The highest BCUT2D eigenvalue weighted by Gasteiger charge is 2.40. The number of fused-ring (bicyclic) bond motifs is 3. The van der Waals surface area contributed by atoms with E-state index in [2.05, 4.69) is 17.1 Å². The summed E-state index contributed by atoms with van der Waals surface area (Å²) in [6.07, 6.45) is 2.28. The van der Waals surface area contributed by atoms with Gasteiger partial charge >= 0.3 is 5.97 Å². The Bertz CT molecular complexity index is 850. The smallest absolute Gasteiger partial charge is 0.323 e. The van der Waals surface area contributed by atoms with Gasteiger partial charge in [-0.2, -0.15) is 0 Å². The Balaban J connectivity index is 1.93. The number of hydrogen-bond donors (Lipinski definition) is 1. The molecule has 118 valence electrons. The monoisotopic (exact) mass is 310 g/mol. The molecule has 0 spiro atoms. The van der Waals surface area contributed by atoms with Gasteiger partial charge in [0.1, 0.15) is 17.8 Å². The molecule has 0 saturated carbocycles. The third-order valence-corrected chi connectivity index (χ3v) is 4.70. The van der Waals surface area contributed by atoms with Crippen LogP contribution in [0, 0.1) is 0 Å². The van der Waals surface area contributed by atoms with Crippen LogP contribution in [-0.2, 0) is 16.0 Å². The highest BCUT2D eigenvalue weighted by molar-refractivity contribution is 5.87. The first-order valence-electron chi connectivity index (χ1n) is 7.63. The molecule has 4 rings (SSSR count). The van der Waals surface area contributed by atoms with E-state index >= 15 is 0 Å². The Hall–Kier alpha value is -2.53. The first kappa shape index (κ1) is 14.1. The number of hydrogen-bond acceptors (Lipinski definition) is 4. The zero-order valence-electron chi connectivity index (χ0n) is 13.1. The van der Waals surface area contributed by atoms with Crippen LogP contribution in [-0.4, -0.2) is 36.1 Å². The number of nitrogens with one attached hydrogen (secondary N) is 1. The Morgan fingerprint density at radius 2 is 2.13 bits per heavy atom. The van der Waals surface area contributed by atoms with Crippen LogP contribution in [0.2, 0.25) is 0 Å². The van der Waals surface area contributed by atoms with E-state index in [9.17, 15) is 4.79 Å². The molecule has 5 heteroatoms. The number of furan rings is 1. The van der Waals surface area contributed by atoms with E-state index in [-0.39, 0.29) is 18.1 Å². The van der Waals surface area contributed by atoms with E-state index in [1.54, 1.807) is 6.26 Å². The van der Waals surface area contributed by atoms with Crippen molar-refractivity contribution in [3.63, 3.8) is 0 Å². The maximum absolute atomic E-state index is 12.3. The lowest BCUT2D eigenvalue weighted by Gasteiger charge is -2.36. The summed E-state index contributed by atoms with van der Waals surface area (Å²) in [6, 6.07) is 11.5. The van der Waals surface area contributed by atoms with Crippen molar-refractivity contribution in [2.75, 3.05) is 14.2 Å². The summed E-state index contributed by atoms with van der Waals surface area (Å²) in [5.41, 5.74) is 3.33. The SMILES string of the molecule is COC(=O)[C@@H]1Cc2c([nH]c3ccccc23)[C@@H](c2ccco2)N1C. The summed E-state index contributed by atoms with van der Waals surface area (Å²) in [6.45, 7) is 0. The van der Waals surface area contributed by atoms with Crippen molar-refractivity contribution in [1.29, 1.82) is 0 Å². The topological polar surface area (TPSA) is 58.5 Å². The molecule has 0 unspecified atom stereocenters. The van der Waals surface area contributed by atoms with Crippen LogP contribution in [0.1, 0.15) is 23.1 Å². The van der Waals surface area contributed by atoms with Gasteiger partial charge in [-0.05, 0) is 30.8 Å². The Morgan fingerprint density at radius 3 is 2.87 bits per heavy atom. The van der Waals surface area contributed by atoms with E-state index in [1.165, 1.54) is 7.11 Å². The zero-order valence-corrected chi connectivity index (χ0v) is 13.1. The van der Waals surface area contributed by atoms with Gasteiger partial charge < -0.3 is 14.1 Å². The van der Waals surface area contributed by atoms with Crippen LogP contribution < -0.4 is 0 Å². The zero-order chi connectivity index (χ0) is 16.0. The number of rotatable bonds is 2. The minimum atomic E-state index is -0.332. The van der Waals surface area contributed by atoms with Crippen LogP contribution >= 0.6 is 0 Å². The summed E-state index contributed by atoms with van der Waals surface area (Å²) >= 11 is 0. The fourth-order valence-electron chi connectivity index (χ4n) is 3.57. The highest BCUT2D eigenvalue weighted by Crippen LogP contribution is 2.40. The first-order valence-corrected chi connectivity index (χ1v) is 7.63. The van der Waals surface area contributed by atoms with Crippen LogP contribution in [0.3, 0.4) is 0 Å². The number of carbonyl (C=O) groups is 1. The number of H-pyrrole nitrogens is 1. The van der Waals surface area contributed by atoms with Gasteiger partial charge in [0.15, 0.2) is 0 Å². The molecule has 23 heavy (non-hydrogen) atoms. The Morgan fingerprint density at radius 1 is 1.30 bits per heavy atom. The summed E-state index contributed by atoms with van der Waals surface area (Å²) < 4.78 is 10.7. The standard InChI is InChI=1S/C18H18N2O3/c1-20-14(18(21)22-2)10-12-11-6-3-4-7-13(11)19-16(12)17(20)15-8-5-9-23-15/h3-9,14,17,19H,10H2,1-2H3/t14-,17+/m0/s1. The molecule has 1 aromatic carbocycles. The van der Waals surface area contributed by atoms with Gasteiger partial charge in [-0.25, -0.2) is 0 Å². The Labute approximate surface area is 133 Å². The molecule has 1 aliphatic rings. The minimum Gasteiger partial charge on any atom is -0.468 e. The van der Waals surface area contributed by atoms with Crippen molar-refractivity contribution in [2.45, 2.75) is 18.5 Å². The normalized spacial score (nSPS) is 21.3. The third kappa shape index (κ3) is 2.08. The molecule has 2 aromatic heterocycles. The fraction of sp³-hybridized carbons (Fsp3) is 0.278. The van der Waals surface area contributed by atoms with E-state index in [4.69, 9.17) is 9.15 Å². The van der Waals surface area contributed by atoms with Crippen molar-refractivity contribution in [3.8, 4) is 0 Å². The third-order valence-electron chi connectivity index (χ3n) is 4.70. The summed E-state index contributed by atoms with van der Waals surface area (Å²) in [5.74, 6) is 0.592. The van der Waals surface area contributed by atoms with Crippen LogP contribution in [0.25, 0.3) is 10.9 Å². The average molecular weight is 310 g/mol. The van der Waals surface area contributed by atoms with Gasteiger partial charge in [0.25, 0.3) is 0 Å². The molecule has 1 N–H and O–H groups in total. The second-order valence-electron chi connectivity index (χ2n) is 5.89. The van der Waals surface area contributed by atoms with E-state index in [0.717, 1.165) is 27.9 Å². The predicted molar refractivity (Wildman–Crippen MR) is 86.1 cm³/mol. The maximum atomic E-state index is 12.3. The van der Waals surface area contributed by atoms with Gasteiger partial charge in [-0.1, -0.05) is 18.2 Å². The van der Waals surface area contributed by atoms with Crippen LogP contribution in [0.4, 0.5) is 0 Å². The lowest BCUT2D eigenvalue weighted by atomic mass is 9.91. The van der Waals surface area contributed by atoms with Crippen molar-refractivity contribution >= 4 is 16.9 Å². The van der Waals surface area contributed by atoms with Crippen LogP contribution in [0.5, 0.6) is 0 Å². The van der Waals surface area contributed by atoms with E-state index in [0.29, 0.717) is 6.42 Å². The second kappa shape index (κ2) is 5.28. The average Bonchev–Trinajstić information content (AvgIpc) is 3.21.